The first-order valence-corrected chi connectivity index (χ1v) is 10.1. The summed E-state index contributed by atoms with van der Waals surface area (Å²) in [6, 6.07) is 10.5. The number of nitrogens with one attached hydrogen (secondary N) is 2. The third-order valence-electron chi connectivity index (χ3n) is 5.01. The highest BCUT2D eigenvalue weighted by molar-refractivity contribution is 14.0. The van der Waals surface area contributed by atoms with E-state index in [1.807, 2.05) is 18.2 Å². The molecule has 0 saturated carbocycles. The zero-order valence-corrected chi connectivity index (χ0v) is 19.7. The van der Waals surface area contributed by atoms with Crippen LogP contribution in [0.5, 0.6) is 0 Å². The van der Waals surface area contributed by atoms with Crippen molar-refractivity contribution in [3.05, 3.63) is 30.3 Å². The molecule has 1 aromatic rings. The number of para-hydroxylation sites is 1. The first kappa shape index (κ1) is 24.5. The molecular formula is C21H36IN5O. The van der Waals surface area contributed by atoms with Crippen LogP contribution in [0.15, 0.2) is 35.3 Å². The molecule has 2 unspecified atom stereocenters. The zero-order valence-electron chi connectivity index (χ0n) is 17.4. The van der Waals surface area contributed by atoms with E-state index in [2.05, 4.69) is 48.4 Å². The van der Waals surface area contributed by atoms with Gasteiger partial charge in [-0.3, -0.25) is 9.79 Å². The van der Waals surface area contributed by atoms with Gasteiger partial charge in [-0.05, 0) is 43.7 Å². The van der Waals surface area contributed by atoms with E-state index in [-0.39, 0.29) is 35.9 Å². The van der Waals surface area contributed by atoms with E-state index in [0.29, 0.717) is 24.8 Å². The van der Waals surface area contributed by atoms with Crippen LogP contribution in [-0.2, 0) is 4.79 Å². The topological polar surface area (TPSA) is 82.8 Å². The fraction of sp³-hybridized carbons (Fsp3) is 0.619. The highest BCUT2D eigenvalue weighted by Crippen LogP contribution is 2.20. The summed E-state index contributed by atoms with van der Waals surface area (Å²) in [6.07, 6.45) is 2.58. The molecule has 7 heteroatoms. The van der Waals surface area contributed by atoms with E-state index in [4.69, 9.17) is 10.7 Å². The number of rotatable bonds is 8. The van der Waals surface area contributed by atoms with Gasteiger partial charge < -0.3 is 21.3 Å². The van der Waals surface area contributed by atoms with Crippen molar-refractivity contribution in [2.75, 3.05) is 31.5 Å². The van der Waals surface area contributed by atoms with Crippen LogP contribution < -0.4 is 16.4 Å². The number of nitrogens with zero attached hydrogens (tertiary/aromatic N) is 2. The summed E-state index contributed by atoms with van der Waals surface area (Å²) in [5, 5.41) is 7.02. The number of piperidine rings is 1. The Bertz CT molecular complexity index is 608. The van der Waals surface area contributed by atoms with Crippen LogP contribution in [0.25, 0.3) is 0 Å². The van der Waals surface area contributed by atoms with Crippen LogP contribution >= 0.6 is 24.0 Å². The maximum atomic E-state index is 11.3. The first-order chi connectivity index (χ1) is 13.0. The summed E-state index contributed by atoms with van der Waals surface area (Å²) < 4.78 is 0. The monoisotopic (exact) mass is 501 g/mol. The SMILES string of the molecule is CCNC(=NCC(Nc1ccccc1)C(C)C)N1CCCC(CC(N)=O)C1.I. The number of primary amides is 1. The number of benzene rings is 1. The number of halogens is 1. The summed E-state index contributed by atoms with van der Waals surface area (Å²) in [7, 11) is 0. The Labute approximate surface area is 186 Å². The van der Waals surface area contributed by atoms with E-state index in [1.165, 1.54) is 0 Å². The zero-order chi connectivity index (χ0) is 19.6. The number of hydrogen-bond donors (Lipinski definition) is 3. The fourth-order valence-corrected chi connectivity index (χ4v) is 3.49. The van der Waals surface area contributed by atoms with Crippen molar-refractivity contribution in [2.45, 2.75) is 46.1 Å². The molecule has 0 radical (unpaired) electrons. The number of aliphatic imine (C=N–C) groups is 1. The standard InChI is InChI=1S/C21H35N5O.HI/c1-4-23-21(26-12-8-9-17(15-26)13-20(22)27)24-14-19(16(2)3)25-18-10-6-5-7-11-18;/h5-7,10-11,16-17,19,25H,4,8-9,12-15H2,1-3H3,(H2,22,27)(H,23,24);1H. The number of guanidine groups is 1. The van der Waals surface area contributed by atoms with Crippen molar-refractivity contribution in [3.8, 4) is 0 Å². The van der Waals surface area contributed by atoms with Crippen LogP contribution in [0.4, 0.5) is 5.69 Å². The molecule has 2 atom stereocenters. The molecule has 1 heterocycles. The van der Waals surface area contributed by atoms with E-state index in [0.717, 1.165) is 44.1 Å². The average molecular weight is 501 g/mol. The Kier molecular flexibility index (Phi) is 11.3. The van der Waals surface area contributed by atoms with Gasteiger partial charge in [0.2, 0.25) is 5.91 Å². The number of amides is 1. The van der Waals surface area contributed by atoms with Crippen LogP contribution in [0.3, 0.4) is 0 Å². The number of carbonyl (C=O) groups excluding carboxylic acids is 1. The van der Waals surface area contributed by atoms with Gasteiger partial charge in [0.25, 0.3) is 0 Å². The lowest BCUT2D eigenvalue weighted by Crippen LogP contribution is -2.47. The summed E-state index contributed by atoms with van der Waals surface area (Å²) in [5.74, 6) is 1.51. The number of hydrogen-bond acceptors (Lipinski definition) is 3. The van der Waals surface area contributed by atoms with E-state index in [1.54, 1.807) is 0 Å². The predicted octanol–water partition coefficient (Wildman–Crippen LogP) is 3.29. The molecule has 28 heavy (non-hydrogen) atoms. The van der Waals surface area contributed by atoms with Gasteiger partial charge in [0, 0.05) is 37.8 Å². The highest BCUT2D eigenvalue weighted by atomic mass is 127. The van der Waals surface area contributed by atoms with Crippen LogP contribution in [0.1, 0.15) is 40.0 Å². The molecule has 1 amide bonds. The molecule has 4 N–H and O–H groups in total. The molecule has 1 aliphatic heterocycles. The van der Waals surface area contributed by atoms with Gasteiger partial charge in [0.15, 0.2) is 5.96 Å². The highest BCUT2D eigenvalue weighted by Gasteiger charge is 2.24. The van der Waals surface area contributed by atoms with Crippen LogP contribution in [-0.4, -0.2) is 49.0 Å². The number of carbonyl (C=O) groups is 1. The summed E-state index contributed by atoms with van der Waals surface area (Å²) in [5.41, 5.74) is 6.52. The molecule has 0 aromatic heterocycles. The Morgan fingerprint density at radius 2 is 2.04 bits per heavy atom. The molecule has 1 saturated heterocycles. The van der Waals surface area contributed by atoms with Crippen molar-refractivity contribution in [3.63, 3.8) is 0 Å². The minimum atomic E-state index is -0.212. The Morgan fingerprint density at radius 3 is 2.64 bits per heavy atom. The summed E-state index contributed by atoms with van der Waals surface area (Å²) in [4.78, 5) is 18.5. The van der Waals surface area contributed by atoms with Crippen molar-refractivity contribution >= 4 is 41.5 Å². The van der Waals surface area contributed by atoms with E-state index >= 15 is 0 Å². The van der Waals surface area contributed by atoms with E-state index < -0.39 is 0 Å². The number of anilines is 1. The molecule has 1 fully saturated rings. The van der Waals surface area contributed by atoms with Crippen molar-refractivity contribution in [2.24, 2.45) is 22.6 Å². The quantitative estimate of drug-likeness (QED) is 0.290. The van der Waals surface area contributed by atoms with Gasteiger partial charge in [-0.2, -0.15) is 0 Å². The minimum absolute atomic E-state index is 0. The minimum Gasteiger partial charge on any atom is -0.380 e. The van der Waals surface area contributed by atoms with Crippen molar-refractivity contribution in [1.82, 2.24) is 10.2 Å². The maximum absolute atomic E-state index is 11.3. The summed E-state index contributed by atoms with van der Waals surface area (Å²) >= 11 is 0. The first-order valence-electron chi connectivity index (χ1n) is 10.1. The molecule has 2 rings (SSSR count). The lowest BCUT2D eigenvalue weighted by atomic mass is 9.95. The lowest BCUT2D eigenvalue weighted by Gasteiger charge is -2.35. The lowest BCUT2D eigenvalue weighted by molar-refractivity contribution is -0.119. The largest absolute Gasteiger partial charge is 0.380 e. The van der Waals surface area contributed by atoms with E-state index in [9.17, 15) is 4.79 Å². The predicted molar refractivity (Wildman–Crippen MR) is 128 cm³/mol. The second-order valence-corrected chi connectivity index (χ2v) is 7.68. The molecule has 158 valence electrons. The Hall–Kier alpha value is -1.51. The van der Waals surface area contributed by atoms with Gasteiger partial charge in [0.1, 0.15) is 0 Å². The van der Waals surface area contributed by atoms with Gasteiger partial charge in [0.05, 0.1) is 6.54 Å². The van der Waals surface area contributed by atoms with Crippen molar-refractivity contribution < 1.29 is 4.79 Å². The molecule has 0 aliphatic carbocycles. The van der Waals surface area contributed by atoms with Gasteiger partial charge in [-0.15, -0.1) is 24.0 Å². The number of nitrogens with two attached hydrogens (primary N) is 1. The third kappa shape index (κ3) is 8.24. The van der Waals surface area contributed by atoms with Gasteiger partial charge >= 0.3 is 0 Å². The van der Waals surface area contributed by atoms with Gasteiger partial charge in [-0.25, -0.2) is 0 Å². The molecule has 0 spiro atoms. The van der Waals surface area contributed by atoms with Crippen molar-refractivity contribution in [1.29, 1.82) is 0 Å². The summed E-state index contributed by atoms with van der Waals surface area (Å²) in [6.45, 7) is 9.86. The molecule has 6 nitrogen and oxygen atoms in total. The molecule has 1 aromatic carbocycles. The average Bonchev–Trinajstić information content (AvgIpc) is 2.64. The molecular weight excluding hydrogens is 465 g/mol. The second-order valence-electron chi connectivity index (χ2n) is 7.68. The second kappa shape index (κ2) is 12.9. The smallest absolute Gasteiger partial charge is 0.217 e. The van der Waals surface area contributed by atoms with Crippen LogP contribution in [0, 0.1) is 11.8 Å². The maximum Gasteiger partial charge on any atom is 0.217 e. The molecule has 1 aliphatic rings. The fourth-order valence-electron chi connectivity index (χ4n) is 3.49. The third-order valence-corrected chi connectivity index (χ3v) is 5.01. The Balaban J connectivity index is 0.00000392. The van der Waals surface area contributed by atoms with Crippen LogP contribution in [0.2, 0.25) is 0 Å². The number of likely N-dealkylation sites (tertiary alicyclic amines) is 1. The normalized spacial score (nSPS) is 18.4. The Morgan fingerprint density at radius 1 is 1.32 bits per heavy atom. The molecule has 0 bridgehead atoms. The van der Waals surface area contributed by atoms with Gasteiger partial charge in [-0.1, -0.05) is 32.0 Å².